The fourth-order valence-electron chi connectivity index (χ4n) is 2.36. The highest BCUT2D eigenvalue weighted by atomic mass is 35.5. The van der Waals surface area contributed by atoms with Gasteiger partial charge in [0.2, 0.25) is 5.88 Å². The molecule has 2 N–H and O–H groups in total. The van der Waals surface area contributed by atoms with Crippen LogP contribution in [0.3, 0.4) is 0 Å². The van der Waals surface area contributed by atoms with Crippen molar-refractivity contribution in [2.24, 2.45) is 5.73 Å². The van der Waals surface area contributed by atoms with E-state index in [4.69, 9.17) is 10.5 Å². The number of rotatable bonds is 7. The van der Waals surface area contributed by atoms with Gasteiger partial charge < -0.3 is 10.5 Å². The van der Waals surface area contributed by atoms with Crippen LogP contribution < -0.4 is 16.2 Å². The molecule has 0 saturated carbocycles. The molecule has 3 rings (SSSR count). The Kier molecular flexibility index (Phi) is 7.28. The van der Waals surface area contributed by atoms with Gasteiger partial charge in [-0.15, -0.1) is 23.7 Å². The van der Waals surface area contributed by atoms with Gasteiger partial charge >= 0.3 is 5.69 Å². The molecule has 0 aromatic carbocycles. The number of hydrogen-bond acceptors (Lipinski definition) is 6. The summed E-state index contributed by atoms with van der Waals surface area (Å²) in [6.45, 7) is 0.483. The van der Waals surface area contributed by atoms with Crippen molar-refractivity contribution in [1.29, 1.82) is 0 Å². The summed E-state index contributed by atoms with van der Waals surface area (Å²) in [5.74, 6) is 0.559. The van der Waals surface area contributed by atoms with Crippen LogP contribution in [0.5, 0.6) is 5.88 Å². The minimum atomic E-state index is -0.307. The second-order valence-corrected chi connectivity index (χ2v) is 6.69. The van der Waals surface area contributed by atoms with Crippen LogP contribution >= 0.6 is 23.7 Å². The van der Waals surface area contributed by atoms with Gasteiger partial charge in [0.25, 0.3) is 0 Å². The van der Waals surface area contributed by atoms with E-state index >= 15 is 0 Å². The van der Waals surface area contributed by atoms with Crippen LogP contribution in [0.15, 0.2) is 53.5 Å². The van der Waals surface area contributed by atoms with Crippen molar-refractivity contribution in [2.75, 3.05) is 13.7 Å². The van der Waals surface area contributed by atoms with Crippen LogP contribution in [0.2, 0.25) is 0 Å². The maximum absolute atomic E-state index is 12.6. The van der Waals surface area contributed by atoms with E-state index in [1.165, 1.54) is 15.6 Å². The van der Waals surface area contributed by atoms with Crippen molar-refractivity contribution >= 4 is 23.7 Å². The predicted molar refractivity (Wildman–Crippen MR) is 105 cm³/mol. The monoisotopic (exact) mass is 411 g/mol. The Morgan fingerprint density at radius 1 is 1.37 bits per heavy atom. The zero-order valence-corrected chi connectivity index (χ0v) is 16.2. The van der Waals surface area contributed by atoms with E-state index < -0.39 is 0 Å². The Morgan fingerprint density at radius 3 is 2.81 bits per heavy atom. The summed E-state index contributed by atoms with van der Waals surface area (Å²) in [6, 6.07) is 7.68. The Morgan fingerprint density at radius 2 is 2.19 bits per heavy atom. The third kappa shape index (κ3) is 4.82. The summed E-state index contributed by atoms with van der Waals surface area (Å²) in [7, 11) is 1.57. The number of methoxy groups -OCH3 is 1. The van der Waals surface area contributed by atoms with Gasteiger partial charge in [0.05, 0.1) is 26.5 Å². The highest BCUT2D eigenvalue weighted by Gasteiger charge is 2.10. The van der Waals surface area contributed by atoms with E-state index in [9.17, 15) is 9.18 Å². The first kappa shape index (κ1) is 20.8. The van der Waals surface area contributed by atoms with E-state index in [-0.39, 0.29) is 31.2 Å². The fraction of sp³-hybridized carbons (Fsp3) is 0.235. The van der Waals surface area contributed by atoms with Crippen molar-refractivity contribution in [3.05, 3.63) is 64.1 Å². The number of aromatic nitrogens is 4. The topological polar surface area (TPSA) is 88.0 Å². The number of halogens is 2. The molecule has 144 valence electrons. The zero-order chi connectivity index (χ0) is 18.5. The van der Waals surface area contributed by atoms with Crippen molar-refractivity contribution in [1.82, 2.24) is 19.3 Å². The SMILES string of the molecule is COc1ccc(-c2ccc(Cn3cnn(C/C(=C/F)CN)c3=O)s2)cn1.Cl. The van der Waals surface area contributed by atoms with Gasteiger partial charge in [-0.25, -0.2) is 18.9 Å². The van der Waals surface area contributed by atoms with E-state index in [0.717, 1.165) is 15.3 Å². The summed E-state index contributed by atoms with van der Waals surface area (Å²) >= 11 is 1.57. The molecule has 0 amide bonds. The maximum Gasteiger partial charge on any atom is 0.346 e. The summed E-state index contributed by atoms with van der Waals surface area (Å²) in [5.41, 5.74) is 6.40. The van der Waals surface area contributed by atoms with Crippen LogP contribution in [-0.2, 0) is 13.1 Å². The van der Waals surface area contributed by atoms with Crippen LogP contribution in [-0.4, -0.2) is 33.0 Å². The van der Waals surface area contributed by atoms with Crippen molar-refractivity contribution in [3.8, 4) is 16.3 Å². The Labute approximate surface area is 165 Å². The van der Waals surface area contributed by atoms with Gasteiger partial charge in [0.15, 0.2) is 0 Å². The quantitative estimate of drug-likeness (QED) is 0.645. The van der Waals surface area contributed by atoms with Crippen LogP contribution in [0.1, 0.15) is 4.88 Å². The normalized spacial score (nSPS) is 11.3. The minimum absolute atomic E-state index is 0. The molecule has 3 aromatic heterocycles. The number of pyridine rings is 1. The first-order valence-corrected chi connectivity index (χ1v) is 8.65. The molecule has 0 unspecified atom stereocenters. The first-order valence-electron chi connectivity index (χ1n) is 7.84. The molecular weight excluding hydrogens is 393 g/mol. The van der Waals surface area contributed by atoms with Gasteiger partial charge in [-0.3, -0.25) is 4.57 Å². The smallest absolute Gasteiger partial charge is 0.346 e. The van der Waals surface area contributed by atoms with E-state index in [2.05, 4.69) is 10.1 Å². The van der Waals surface area contributed by atoms with Gasteiger partial charge in [-0.05, 0) is 23.8 Å². The Bertz CT molecular complexity index is 964. The van der Waals surface area contributed by atoms with E-state index in [1.54, 1.807) is 30.7 Å². The van der Waals surface area contributed by atoms with Gasteiger partial charge in [0, 0.05) is 34.1 Å². The number of nitrogens with two attached hydrogens (primary N) is 1. The molecule has 0 aliphatic heterocycles. The lowest BCUT2D eigenvalue weighted by atomic mass is 10.2. The molecule has 0 bridgehead atoms. The molecule has 0 fully saturated rings. The number of nitrogens with zero attached hydrogens (tertiary/aromatic N) is 4. The third-order valence-electron chi connectivity index (χ3n) is 3.78. The van der Waals surface area contributed by atoms with Crippen molar-refractivity contribution in [3.63, 3.8) is 0 Å². The molecule has 27 heavy (non-hydrogen) atoms. The Hall–Kier alpha value is -2.49. The molecule has 10 heteroatoms. The lowest BCUT2D eigenvalue weighted by Gasteiger charge is -2.01. The van der Waals surface area contributed by atoms with Gasteiger partial charge in [-0.2, -0.15) is 5.10 Å². The highest BCUT2D eigenvalue weighted by molar-refractivity contribution is 7.15. The second kappa shape index (κ2) is 9.45. The highest BCUT2D eigenvalue weighted by Crippen LogP contribution is 2.28. The molecule has 3 heterocycles. The average molecular weight is 412 g/mol. The summed E-state index contributed by atoms with van der Waals surface area (Å²) < 4.78 is 20.4. The molecular formula is C17H19ClFN5O2S. The zero-order valence-electron chi connectivity index (χ0n) is 14.5. The largest absolute Gasteiger partial charge is 0.481 e. The van der Waals surface area contributed by atoms with E-state index in [0.29, 0.717) is 24.3 Å². The first-order chi connectivity index (χ1) is 12.6. The molecule has 0 spiro atoms. The van der Waals surface area contributed by atoms with Crippen LogP contribution in [0.4, 0.5) is 4.39 Å². The lowest BCUT2D eigenvalue weighted by molar-refractivity contribution is 0.398. The Balaban J connectivity index is 0.00000261. The molecule has 0 radical (unpaired) electrons. The summed E-state index contributed by atoms with van der Waals surface area (Å²) in [4.78, 5) is 18.6. The number of hydrogen-bond donors (Lipinski definition) is 1. The standard InChI is InChI=1S/C17H18FN5O2S.ClH/c1-25-16-5-2-13(8-20-16)15-4-3-14(26-15)10-22-11-21-23(17(22)24)9-12(6-18)7-19;/h2-6,8,11H,7,9-10,19H2,1H3;1H/b12-6+;. The predicted octanol–water partition coefficient (Wildman–Crippen LogP) is 2.46. The number of thiophene rings is 1. The third-order valence-corrected chi connectivity index (χ3v) is 4.90. The summed E-state index contributed by atoms with van der Waals surface area (Å²) in [5, 5.41) is 4.02. The van der Waals surface area contributed by atoms with Gasteiger partial charge in [0.1, 0.15) is 6.33 Å². The molecule has 7 nitrogen and oxygen atoms in total. The van der Waals surface area contributed by atoms with Crippen LogP contribution in [0.25, 0.3) is 10.4 Å². The molecule has 0 aliphatic rings. The van der Waals surface area contributed by atoms with Crippen LogP contribution in [0, 0.1) is 0 Å². The molecule has 0 aliphatic carbocycles. The average Bonchev–Trinajstić information content (AvgIpc) is 3.28. The fourth-order valence-corrected chi connectivity index (χ4v) is 3.35. The van der Waals surface area contributed by atoms with Gasteiger partial charge in [-0.1, -0.05) is 0 Å². The molecule has 0 atom stereocenters. The minimum Gasteiger partial charge on any atom is -0.481 e. The molecule has 3 aromatic rings. The maximum atomic E-state index is 12.6. The second-order valence-electron chi connectivity index (χ2n) is 5.53. The molecule has 0 saturated heterocycles. The van der Waals surface area contributed by atoms with Crippen molar-refractivity contribution < 1.29 is 9.13 Å². The van der Waals surface area contributed by atoms with E-state index in [1.807, 2.05) is 18.2 Å². The summed E-state index contributed by atoms with van der Waals surface area (Å²) in [6.07, 6.45) is 3.61. The number of ether oxygens (including phenoxy) is 1. The lowest BCUT2D eigenvalue weighted by Crippen LogP contribution is -2.26. The van der Waals surface area contributed by atoms with Crippen molar-refractivity contribution in [2.45, 2.75) is 13.1 Å².